The molecular weight excluding hydrogens is 294 g/mol. The summed E-state index contributed by atoms with van der Waals surface area (Å²) in [5.41, 5.74) is 7.47. The maximum Gasteiger partial charge on any atom is 0.112 e. The van der Waals surface area contributed by atoms with Crippen LogP contribution in [0.25, 0.3) is 0 Å². The van der Waals surface area contributed by atoms with Crippen molar-refractivity contribution in [3.8, 4) is 6.07 Å². The number of unbranched alkanes of at least 4 members (excludes halogenated alkanes) is 3. The van der Waals surface area contributed by atoms with Gasteiger partial charge in [0.05, 0.1) is 12.1 Å². The van der Waals surface area contributed by atoms with Gasteiger partial charge in [-0.25, -0.2) is 0 Å². The minimum absolute atomic E-state index is 0.173. The molecule has 1 heterocycles. The SMILES string of the molecule is CCCCCC1N=C(N)C(C#N)C(c2ccccc2)C1CCCC. The Labute approximate surface area is 147 Å². The number of aliphatic imine (C=N–C) groups is 1. The average Bonchev–Trinajstić information content (AvgIpc) is 2.61. The maximum atomic E-state index is 9.73. The topological polar surface area (TPSA) is 62.2 Å². The van der Waals surface area contributed by atoms with Crippen molar-refractivity contribution in [2.75, 3.05) is 0 Å². The zero-order valence-electron chi connectivity index (χ0n) is 15.1. The number of rotatable bonds is 8. The smallest absolute Gasteiger partial charge is 0.112 e. The van der Waals surface area contributed by atoms with Crippen LogP contribution >= 0.6 is 0 Å². The van der Waals surface area contributed by atoms with Gasteiger partial charge in [-0.15, -0.1) is 0 Å². The molecule has 4 unspecified atom stereocenters. The third kappa shape index (κ3) is 4.38. The van der Waals surface area contributed by atoms with Crippen LogP contribution in [-0.4, -0.2) is 11.9 Å². The van der Waals surface area contributed by atoms with Gasteiger partial charge in [0.15, 0.2) is 0 Å². The van der Waals surface area contributed by atoms with Gasteiger partial charge in [-0.1, -0.05) is 76.3 Å². The summed E-state index contributed by atoms with van der Waals surface area (Å²) in [4.78, 5) is 4.79. The molecule has 2 rings (SSSR count). The number of benzene rings is 1. The molecule has 0 saturated heterocycles. The summed E-state index contributed by atoms with van der Waals surface area (Å²) in [5, 5.41) is 9.73. The quantitative estimate of drug-likeness (QED) is 0.681. The van der Waals surface area contributed by atoms with E-state index in [-0.39, 0.29) is 17.9 Å². The molecule has 24 heavy (non-hydrogen) atoms. The Morgan fingerprint density at radius 1 is 1.04 bits per heavy atom. The van der Waals surface area contributed by atoms with E-state index in [4.69, 9.17) is 10.7 Å². The molecule has 0 aromatic heterocycles. The van der Waals surface area contributed by atoms with E-state index >= 15 is 0 Å². The largest absolute Gasteiger partial charge is 0.386 e. The first-order valence-corrected chi connectivity index (χ1v) is 9.50. The molecule has 130 valence electrons. The highest BCUT2D eigenvalue weighted by molar-refractivity contribution is 5.87. The molecule has 1 aliphatic heterocycles. The lowest BCUT2D eigenvalue weighted by molar-refractivity contribution is 0.272. The zero-order valence-corrected chi connectivity index (χ0v) is 15.1. The van der Waals surface area contributed by atoms with Crippen LogP contribution in [0.4, 0.5) is 0 Å². The molecule has 2 N–H and O–H groups in total. The highest BCUT2D eigenvalue weighted by Gasteiger charge is 2.41. The highest BCUT2D eigenvalue weighted by Crippen LogP contribution is 2.42. The second-order valence-electron chi connectivity index (χ2n) is 6.97. The van der Waals surface area contributed by atoms with Crippen molar-refractivity contribution in [3.05, 3.63) is 35.9 Å². The maximum absolute atomic E-state index is 9.73. The second kappa shape index (κ2) is 9.47. The van der Waals surface area contributed by atoms with E-state index < -0.39 is 0 Å². The molecule has 0 radical (unpaired) electrons. The van der Waals surface area contributed by atoms with Gasteiger partial charge in [-0.05, 0) is 24.3 Å². The molecule has 4 atom stereocenters. The van der Waals surface area contributed by atoms with Gasteiger partial charge in [-0.2, -0.15) is 5.26 Å². The van der Waals surface area contributed by atoms with Crippen molar-refractivity contribution in [2.45, 2.75) is 70.8 Å². The van der Waals surface area contributed by atoms with Crippen LogP contribution in [0.1, 0.15) is 70.3 Å². The van der Waals surface area contributed by atoms with E-state index in [0.717, 1.165) is 12.8 Å². The lowest BCUT2D eigenvalue weighted by Gasteiger charge is -2.39. The van der Waals surface area contributed by atoms with Crippen molar-refractivity contribution >= 4 is 5.84 Å². The molecule has 0 aliphatic carbocycles. The Kier molecular flexibility index (Phi) is 7.31. The number of hydrogen-bond donors (Lipinski definition) is 1. The minimum atomic E-state index is -0.295. The predicted octanol–water partition coefficient (Wildman–Crippen LogP) is 5.04. The highest BCUT2D eigenvalue weighted by atomic mass is 14.9. The van der Waals surface area contributed by atoms with Gasteiger partial charge in [0.2, 0.25) is 0 Å². The Morgan fingerprint density at radius 3 is 2.38 bits per heavy atom. The summed E-state index contributed by atoms with van der Waals surface area (Å²) in [6, 6.07) is 13.2. The summed E-state index contributed by atoms with van der Waals surface area (Å²) in [6.07, 6.45) is 8.23. The van der Waals surface area contributed by atoms with E-state index in [1.54, 1.807) is 0 Å². The summed E-state index contributed by atoms with van der Waals surface area (Å²) in [6.45, 7) is 4.46. The summed E-state index contributed by atoms with van der Waals surface area (Å²) in [7, 11) is 0. The number of nitriles is 1. The van der Waals surface area contributed by atoms with Gasteiger partial charge in [0, 0.05) is 5.92 Å². The Hall–Kier alpha value is -1.82. The predicted molar refractivity (Wildman–Crippen MR) is 101 cm³/mol. The normalized spacial score (nSPS) is 26.6. The Balaban J connectivity index is 2.34. The third-order valence-corrected chi connectivity index (χ3v) is 5.27. The van der Waals surface area contributed by atoms with Crippen LogP contribution < -0.4 is 5.73 Å². The molecule has 1 aliphatic rings. The van der Waals surface area contributed by atoms with Gasteiger partial charge in [0.1, 0.15) is 11.8 Å². The number of amidine groups is 1. The van der Waals surface area contributed by atoms with Crippen molar-refractivity contribution in [2.24, 2.45) is 22.6 Å². The Bertz CT molecular complexity index is 558. The summed E-state index contributed by atoms with van der Waals surface area (Å²) < 4.78 is 0. The average molecular weight is 326 g/mol. The van der Waals surface area contributed by atoms with Crippen LogP contribution in [0.2, 0.25) is 0 Å². The van der Waals surface area contributed by atoms with Gasteiger partial charge < -0.3 is 5.73 Å². The molecule has 1 aromatic carbocycles. The lowest BCUT2D eigenvalue weighted by Crippen LogP contribution is -2.42. The van der Waals surface area contributed by atoms with Crippen LogP contribution in [0.3, 0.4) is 0 Å². The number of nitrogens with zero attached hydrogens (tertiary/aromatic N) is 2. The van der Waals surface area contributed by atoms with Crippen LogP contribution in [-0.2, 0) is 0 Å². The first-order valence-electron chi connectivity index (χ1n) is 9.50. The lowest BCUT2D eigenvalue weighted by atomic mass is 9.69. The van der Waals surface area contributed by atoms with Crippen LogP contribution in [0.5, 0.6) is 0 Å². The monoisotopic (exact) mass is 325 g/mol. The molecule has 0 saturated carbocycles. The second-order valence-corrected chi connectivity index (χ2v) is 6.97. The van der Waals surface area contributed by atoms with E-state index in [1.807, 2.05) is 6.07 Å². The molecule has 3 heteroatoms. The summed E-state index contributed by atoms with van der Waals surface area (Å²) in [5.74, 6) is 0.838. The fourth-order valence-electron chi connectivity index (χ4n) is 3.99. The van der Waals surface area contributed by atoms with E-state index in [2.05, 4.69) is 44.2 Å². The molecule has 0 amide bonds. The van der Waals surface area contributed by atoms with E-state index in [0.29, 0.717) is 11.8 Å². The van der Waals surface area contributed by atoms with Crippen LogP contribution in [0, 0.1) is 23.2 Å². The number of nitrogens with two attached hydrogens (primary N) is 1. The molecule has 0 bridgehead atoms. The van der Waals surface area contributed by atoms with Crippen LogP contribution in [0.15, 0.2) is 35.3 Å². The van der Waals surface area contributed by atoms with Crippen molar-refractivity contribution < 1.29 is 0 Å². The fourth-order valence-corrected chi connectivity index (χ4v) is 3.99. The van der Waals surface area contributed by atoms with E-state index in [9.17, 15) is 5.26 Å². The van der Waals surface area contributed by atoms with Crippen molar-refractivity contribution in [3.63, 3.8) is 0 Å². The zero-order chi connectivity index (χ0) is 17.4. The van der Waals surface area contributed by atoms with E-state index in [1.165, 1.54) is 37.7 Å². The van der Waals surface area contributed by atoms with Gasteiger partial charge in [-0.3, -0.25) is 4.99 Å². The summed E-state index contributed by atoms with van der Waals surface area (Å²) >= 11 is 0. The van der Waals surface area contributed by atoms with Crippen molar-refractivity contribution in [1.29, 1.82) is 5.26 Å². The molecular formula is C21H31N3. The minimum Gasteiger partial charge on any atom is -0.386 e. The molecule has 1 aromatic rings. The first kappa shape index (κ1) is 18.5. The molecule has 3 nitrogen and oxygen atoms in total. The number of hydrogen-bond acceptors (Lipinski definition) is 3. The standard InChI is InChI=1S/C21H31N3/c1-3-5-8-14-19-17(13-6-4-2)20(16-11-9-7-10-12-16)18(15-22)21(23)24-19/h7,9-12,17-20H,3-6,8,13-14H2,1-2H3,(H2,23,24). The molecule has 0 fully saturated rings. The Morgan fingerprint density at radius 2 is 1.75 bits per heavy atom. The van der Waals surface area contributed by atoms with Gasteiger partial charge >= 0.3 is 0 Å². The van der Waals surface area contributed by atoms with Gasteiger partial charge in [0.25, 0.3) is 0 Å². The molecule has 0 spiro atoms. The fraction of sp³-hybridized carbons (Fsp3) is 0.619. The van der Waals surface area contributed by atoms with Crippen molar-refractivity contribution in [1.82, 2.24) is 0 Å². The first-order chi connectivity index (χ1) is 11.7. The third-order valence-electron chi connectivity index (χ3n) is 5.27.